The van der Waals surface area contributed by atoms with Crippen LogP contribution in [0, 0.1) is 5.92 Å². The van der Waals surface area contributed by atoms with E-state index in [0.717, 1.165) is 13.0 Å². The first-order valence-electron chi connectivity index (χ1n) is 4.35. The minimum atomic E-state index is -1.00. The molecule has 1 aliphatic heterocycles. The lowest BCUT2D eigenvalue weighted by Gasteiger charge is -2.12. The lowest BCUT2D eigenvalue weighted by Crippen LogP contribution is -2.42. The summed E-state index contributed by atoms with van der Waals surface area (Å²) in [4.78, 5) is 21.8. The van der Waals surface area contributed by atoms with E-state index in [1.54, 1.807) is 0 Å². The van der Waals surface area contributed by atoms with Crippen molar-refractivity contribution < 1.29 is 14.7 Å². The summed E-state index contributed by atoms with van der Waals surface area (Å²) in [5, 5.41) is 14.0. The van der Waals surface area contributed by atoms with Gasteiger partial charge in [0.05, 0.1) is 5.92 Å². The molecule has 5 nitrogen and oxygen atoms in total. The summed E-state index contributed by atoms with van der Waals surface area (Å²) in [5.41, 5.74) is 0. The van der Waals surface area contributed by atoms with Gasteiger partial charge in [0.2, 0.25) is 5.91 Å². The molecule has 0 radical (unpaired) electrons. The van der Waals surface area contributed by atoms with Crippen molar-refractivity contribution in [1.82, 2.24) is 10.6 Å². The number of hydrogen-bond acceptors (Lipinski definition) is 3. The second-order valence-electron chi connectivity index (χ2n) is 3.26. The molecule has 2 atom stereocenters. The van der Waals surface area contributed by atoms with Crippen LogP contribution in [0.15, 0.2) is 0 Å². The van der Waals surface area contributed by atoms with Gasteiger partial charge in [-0.3, -0.25) is 9.59 Å². The fourth-order valence-electron chi connectivity index (χ4n) is 1.27. The Morgan fingerprint density at radius 1 is 1.62 bits per heavy atom. The fraction of sp³-hybridized carbons (Fsp3) is 0.750. The van der Waals surface area contributed by atoms with E-state index in [1.807, 2.05) is 0 Å². The van der Waals surface area contributed by atoms with E-state index in [-0.39, 0.29) is 11.8 Å². The van der Waals surface area contributed by atoms with Crippen LogP contribution < -0.4 is 10.6 Å². The molecule has 1 amide bonds. The predicted octanol–water partition coefficient (Wildman–Crippen LogP) is -0.815. The fourth-order valence-corrected chi connectivity index (χ4v) is 1.27. The van der Waals surface area contributed by atoms with Crippen LogP contribution in [-0.4, -0.2) is 36.1 Å². The normalized spacial score (nSPS) is 23.9. The number of hydrogen-bond donors (Lipinski definition) is 3. The van der Waals surface area contributed by atoms with E-state index in [0.29, 0.717) is 6.54 Å². The van der Waals surface area contributed by atoms with Crippen LogP contribution in [0.1, 0.15) is 13.3 Å². The van der Waals surface area contributed by atoms with Crippen LogP contribution in [0.5, 0.6) is 0 Å². The standard InChI is InChI=1S/C8H14N2O3/c1-5(8(12)13)10-7(11)6-2-3-9-4-6/h5-6,9H,2-4H2,1H3,(H,10,11)(H,12,13)/t5-,6?/m0/s1. The molecule has 0 aromatic carbocycles. The van der Waals surface area contributed by atoms with E-state index in [9.17, 15) is 9.59 Å². The molecule has 1 aliphatic rings. The molecule has 0 aromatic heterocycles. The van der Waals surface area contributed by atoms with E-state index in [1.165, 1.54) is 6.92 Å². The van der Waals surface area contributed by atoms with Gasteiger partial charge in [-0.25, -0.2) is 0 Å². The lowest BCUT2D eigenvalue weighted by molar-refractivity contribution is -0.141. The summed E-state index contributed by atoms with van der Waals surface area (Å²) in [6.07, 6.45) is 0.790. The van der Waals surface area contributed by atoms with Crippen LogP contribution in [0.25, 0.3) is 0 Å². The van der Waals surface area contributed by atoms with Crippen LogP contribution >= 0.6 is 0 Å². The highest BCUT2D eigenvalue weighted by Gasteiger charge is 2.24. The molecular formula is C8H14N2O3. The van der Waals surface area contributed by atoms with Crippen LogP contribution in [-0.2, 0) is 9.59 Å². The number of carbonyl (C=O) groups is 2. The molecule has 13 heavy (non-hydrogen) atoms. The van der Waals surface area contributed by atoms with Gasteiger partial charge in [0, 0.05) is 6.54 Å². The zero-order chi connectivity index (χ0) is 9.84. The molecule has 0 saturated carbocycles. The monoisotopic (exact) mass is 186 g/mol. The molecule has 5 heteroatoms. The third-order valence-corrected chi connectivity index (χ3v) is 2.16. The van der Waals surface area contributed by atoms with Gasteiger partial charge in [-0.1, -0.05) is 0 Å². The second-order valence-corrected chi connectivity index (χ2v) is 3.26. The van der Waals surface area contributed by atoms with Crippen molar-refractivity contribution in [2.75, 3.05) is 13.1 Å². The quantitative estimate of drug-likeness (QED) is 0.538. The molecule has 1 unspecified atom stereocenters. The Hall–Kier alpha value is -1.10. The summed E-state index contributed by atoms with van der Waals surface area (Å²) >= 11 is 0. The average molecular weight is 186 g/mol. The van der Waals surface area contributed by atoms with Crippen LogP contribution in [0.4, 0.5) is 0 Å². The number of carboxylic acids is 1. The first-order chi connectivity index (χ1) is 6.11. The van der Waals surface area contributed by atoms with Gasteiger partial charge in [-0.15, -0.1) is 0 Å². The zero-order valence-electron chi connectivity index (χ0n) is 7.54. The van der Waals surface area contributed by atoms with E-state index in [2.05, 4.69) is 10.6 Å². The maximum atomic E-state index is 11.3. The van der Waals surface area contributed by atoms with Crippen molar-refractivity contribution in [1.29, 1.82) is 0 Å². The minimum Gasteiger partial charge on any atom is -0.480 e. The summed E-state index contributed by atoms with van der Waals surface area (Å²) in [6.45, 7) is 2.94. The molecule has 0 aromatic rings. The van der Waals surface area contributed by atoms with Crippen molar-refractivity contribution in [3.05, 3.63) is 0 Å². The number of carboxylic acid groups (broad SMARTS) is 1. The van der Waals surface area contributed by atoms with Crippen LogP contribution in [0.2, 0.25) is 0 Å². The van der Waals surface area contributed by atoms with Crippen molar-refractivity contribution in [3.63, 3.8) is 0 Å². The summed E-state index contributed by atoms with van der Waals surface area (Å²) in [7, 11) is 0. The first kappa shape index (κ1) is 9.98. The second kappa shape index (κ2) is 4.23. The van der Waals surface area contributed by atoms with Crippen molar-refractivity contribution in [3.8, 4) is 0 Å². The lowest BCUT2D eigenvalue weighted by atomic mass is 10.1. The topological polar surface area (TPSA) is 78.4 Å². The number of amides is 1. The molecule has 1 heterocycles. The third kappa shape index (κ3) is 2.69. The van der Waals surface area contributed by atoms with Gasteiger partial charge < -0.3 is 15.7 Å². The molecule has 1 saturated heterocycles. The third-order valence-electron chi connectivity index (χ3n) is 2.16. The maximum Gasteiger partial charge on any atom is 0.325 e. The number of aliphatic carboxylic acids is 1. The minimum absolute atomic E-state index is 0.0678. The summed E-state index contributed by atoms with van der Waals surface area (Å²) in [5.74, 6) is -1.24. The van der Waals surface area contributed by atoms with Gasteiger partial charge in [0.15, 0.2) is 0 Å². The number of rotatable bonds is 3. The molecular weight excluding hydrogens is 172 g/mol. The largest absolute Gasteiger partial charge is 0.480 e. The van der Waals surface area contributed by atoms with Gasteiger partial charge in [0.25, 0.3) is 0 Å². The number of carbonyl (C=O) groups excluding carboxylic acids is 1. The van der Waals surface area contributed by atoms with Crippen molar-refractivity contribution >= 4 is 11.9 Å². The number of nitrogens with one attached hydrogen (secondary N) is 2. The Morgan fingerprint density at radius 2 is 2.31 bits per heavy atom. The molecule has 0 aliphatic carbocycles. The molecule has 3 N–H and O–H groups in total. The summed E-state index contributed by atoms with van der Waals surface area (Å²) in [6, 6.07) is -0.798. The Morgan fingerprint density at radius 3 is 2.77 bits per heavy atom. The molecule has 1 rings (SSSR count). The van der Waals surface area contributed by atoms with Gasteiger partial charge >= 0.3 is 5.97 Å². The van der Waals surface area contributed by atoms with E-state index >= 15 is 0 Å². The maximum absolute atomic E-state index is 11.3. The Bertz CT molecular complexity index is 211. The van der Waals surface area contributed by atoms with Gasteiger partial charge in [-0.05, 0) is 19.9 Å². The SMILES string of the molecule is C[C@H](NC(=O)C1CCNC1)C(=O)O. The zero-order valence-corrected chi connectivity index (χ0v) is 7.54. The molecule has 0 spiro atoms. The van der Waals surface area contributed by atoms with Crippen molar-refractivity contribution in [2.24, 2.45) is 5.92 Å². The van der Waals surface area contributed by atoms with Gasteiger partial charge in [-0.2, -0.15) is 0 Å². The predicted molar refractivity (Wildman–Crippen MR) is 46.2 cm³/mol. The van der Waals surface area contributed by atoms with Crippen LogP contribution in [0.3, 0.4) is 0 Å². The Kier molecular flexibility index (Phi) is 3.25. The molecule has 0 bridgehead atoms. The molecule has 74 valence electrons. The Balaban J connectivity index is 2.35. The van der Waals surface area contributed by atoms with Gasteiger partial charge in [0.1, 0.15) is 6.04 Å². The van der Waals surface area contributed by atoms with Crippen molar-refractivity contribution in [2.45, 2.75) is 19.4 Å². The Labute approximate surface area is 76.5 Å². The highest BCUT2D eigenvalue weighted by Crippen LogP contribution is 2.07. The highest BCUT2D eigenvalue weighted by atomic mass is 16.4. The summed E-state index contributed by atoms with van der Waals surface area (Å²) < 4.78 is 0. The van der Waals surface area contributed by atoms with E-state index in [4.69, 9.17) is 5.11 Å². The molecule has 1 fully saturated rings. The first-order valence-corrected chi connectivity index (χ1v) is 4.35. The smallest absolute Gasteiger partial charge is 0.325 e. The van der Waals surface area contributed by atoms with E-state index < -0.39 is 12.0 Å². The highest BCUT2D eigenvalue weighted by molar-refractivity contribution is 5.84. The average Bonchev–Trinajstić information content (AvgIpc) is 2.55.